The van der Waals surface area contributed by atoms with Crippen molar-refractivity contribution in [2.45, 2.75) is 0 Å². The molecule has 4 nitrogen and oxygen atoms in total. The Morgan fingerprint density at radius 1 is 1.10 bits per heavy atom. The first-order valence-corrected chi connectivity index (χ1v) is 5.62. The van der Waals surface area contributed by atoms with Crippen LogP contribution < -0.4 is 10.9 Å². The van der Waals surface area contributed by atoms with Gasteiger partial charge in [-0.15, -0.1) is 0 Å². The zero-order valence-corrected chi connectivity index (χ0v) is 10.2. The molecular formula is C14H9F2N3O. The van der Waals surface area contributed by atoms with Gasteiger partial charge in [0.2, 0.25) is 0 Å². The second-order valence-corrected chi connectivity index (χ2v) is 3.87. The van der Waals surface area contributed by atoms with E-state index in [9.17, 15) is 13.6 Å². The minimum atomic E-state index is -0.870. The number of anilines is 1. The Bertz CT molecular complexity index is 681. The van der Waals surface area contributed by atoms with Crippen LogP contribution in [0.2, 0.25) is 0 Å². The average Bonchev–Trinajstić information content (AvgIpc) is 2.48. The molecule has 100 valence electrons. The highest BCUT2D eigenvalue weighted by Gasteiger charge is 2.11. The van der Waals surface area contributed by atoms with Gasteiger partial charge in [-0.05, 0) is 18.2 Å². The lowest BCUT2D eigenvalue weighted by Gasteiger charge is -2.10. The van der Waals surface area contributed by atoms with Gasteiger partial charge in [-0.1, -0.05) is 18.2 Å². The molecule has 2 aromatic rings. The third-order valence-electron chi connectivity index (χ3n) is 2.52. The lowest BCUT2D eigenvalue weighted by molar-refractivity contribution is 0.0962. The van der Waals surface area contributed by atoms with Crippen molar-refractivity contribution in [1.82, 2.24) is 5.43 Å². The summed E-state index contributed by atoms with van der Waals surface area (Å²) < 4.78 is 26.9. The molecular weight excluding hydrogens is 264 g/mol. The van der Waals surface area contributed by atoms with E-state index in [1.54, 1.807) is 30.3 Å². The predicted octanol–water partition coefficient (Wildman–Crippen LogP) is 2.59. The van der Waals surface area contributed by atoms with E-state index in [2.05, 4.69) is 10.9 Å². The molecule has 2 aromatic carbocycles. The van der Waals surface area contributed by atoms with Crippen LogP contribution >= 0.6 is 0 Å². The normalized spacial score (nSPS) is 9.65. The molecule has 0 bridgehead atoms. The first kappa shape index (κ1) is 13.5. The molecule has 0 radical (unpaired) electrons. The molecule has 20 heavy (non-hydrogen) atoms. The van der Waals surface area contributed by atoms with E-state index < -0.39 is 23.1 Å². The van der Waals surface area contributed by atoms with Crippen LogP contribution in [0.15, 0.2) is 42.5 Å². The Labute approximate surface area is 113 Å². The van der Waals surface area contributed by atoms with Crippen LogP contribution in [0.4, 0.5) is 14.5 Å². The van der Waals surface area contributed by atoms with Crippen molar-refractivity contribution < 1.29 is 13.6 Å². The van der Waals surface area contributed by atoms with Gasteiger partial charge in [0.25, 0.3) is 5.91 Å². The van der Waals surface area contributed by atoms with Crippen molar-refractivity contribution in [2.24, 2.45) is 0 Å². The quantitative estimate of drug-likeness (QED) is 0.845. The number of benzene rings is 2. The highest BCUT2D eigenvalue weighted by atomic mass is 19.1. The van der Waals surface area contributed by atoms with Gasteiger partial charge in [0.15, 0.2) is 0 Å². The van der Waals surface area contributed by atoms with Gasteiger partial charge < -0.3 is 0 Å². The molecule has 2 N–H and O–H groups in total. The summed E-state index contributed by atoms with van der Waals surface area (Å²) in [4.78, 5) is 11.7. The first-order chi connectivity index (χ1) is 9.61. The standard InChI is InChI=1S/C14H9F2N3O/c15-11-7-13(12(16)6-10(11)8-17)18-19-14(20)9-4-2-1-3-5-9/h1-7,18H,(H,19,20). The van der Waals surface area contributed by atoms with Gasteiger partial charge in [0.1, 0.15) is 17.7 Å². The molecule has 0 saturated heterocycles. The minimum absolute atomic E-state index is 0.259. The highest BCUT2D eigenvalue weighted by molar-refractivity contribution is 5.94. The molecule has 0 aromatic heterocycles. The molecule has 0 unspecified atom stereocenters. The van der Waals surface area contributed by atoms with Crippen molar-refractivity contribution in [2.75, 3.05) is 5.43 Å². The smallest absolute Gasteiger partial charge is 0.269 e. The van der Waals surface area contributed by atoms with Gasteiger partial charge in [-0.2, -0.15) is 5.26 Å². The van der Waals surface area contributed by atoms with E-state index in [0.29, 0.717) is 5.56 Å². The maximum Gasteiger partial charge on any atom is 0.269 e. The van der Waals surface area contributed by atoms with Crippen molar-refractivity contribution in [3.05, 3.63) is 65.2 Å². The van der Waals surface area contributed by atoms with Crippen LogP contribution in [0, 0.1) is 23.0 Å². The second kappa shape index (κ2) is 5.80. The largest absolute Gasteiger partial charge is 0.295 e. The number of rotatable bonds is 3. The lowest BCUT2D eigenvalue weighted by Crippen LogP contribution is -2.29. The van der Waals surface area contributed by atoms with Crippen molar-refractivity contribution in [1.29, 1.82) is 5.26 Å². The fraction of sp³-hybridized carbons (Fsp3) is 0. The van der Waals surface area contributed by atoms with Gasteiger partial charge in [-0.25, -0.2) is 8.78 Å². The van der Waals surface area contributed by atoms with Crippen LogP contribution in [0.5, 0.6) is 0 Å². The number of carbonyl (C=O) groups is 1. The first-order valence-electron chi connectivity index (χ1n) is 5.62. The number of carbonyl (C=O) groups excluding carboxylic acids is 1. The summed E-state index contributed by atoms with van der Waals surface area (Å²) in [6.07, 6.45) is 0. The number of nitrogens with zero attached hydrogens (tertiary/aromatic N) is 1. The summed E-state index contributed by atoms with van der Waals surface area (Å²) in [7, 11) is 0. The van der Waals surface area contributed by atoms with Crippen LogP contribution in [0.1, 0.15) is 15.9 Å². The minimum Gasteiger partial charge on any atom is -0.295 e. The summed E-state index contributed by atoms with van der Waals surface area (Å²) in [6, 6.07) is 11.3. The Hall–Kier alpha value is -2.94. The molecule has 0 fully saturated rings. The van der Waals surface area contributed by atoms with Crippen LogP contribution in [0.3, 0.4) is 0 Å². The molecule has 2 rings (SSSR count). The zero-order valence-electron chi connectivity index (χ0n) is 10.2. The number of hydrazine groups is 1. The van der Waals surface area contributed by atoms with Crippen molar-refractivity contribution >= 4 is 11.6 Å². The number of amides is 1. The number of hydrogen-bond donors (Lipinski definition) is 2. The maximum atomic E-state index is 13.5. The fourth-order valence-corrected chi connectivity index (χ4v) is 1.51. The number of hydrogen-bond acceptors (Lipinski definition) is 3. The molecule has 6 heteroatoms. The molecule has 0 saturated carbocycles. The van der Waals surface area contributed by atoms with Crippen LogP contribution in [0.25, 0.3) is 0 Å². The van der Waals surface area contributed by atoms with Crippen molar-refractivity contribution in [3.63, 3.8) is 0 Å². The lowest BCUT2D eigenvalue weighted by atomic mass is 10.2. The van der Waals surface area contributed by atoms with Gasteiger partial charge in [-0.3, -0.25) is 15.6 Å². The summed E-state index contributed by atoms with van der Waals surface area (Å²) in [5.74, 6) is -2.20. The third kappa shape index (κ3) is 2.90. The van der Waals surface area contributed by atoms with E-state index in [1.165, 1.54) is 6.07 Å². The van der Waals surface area contributed by atoms with Crippen molar-refractivity contribution in [3.8, 4) is 6.07 Å². The third-order valence-corrected chi connectivity index (χ3v) is 2.52. The number of nitriles is 1. The SMILES string of the molecule is N#Cc1cc(F)c(NNC(=O)c2ccccc2)cc1F. The van der Waals surface area contributed by atoms with E-state index in [0.717, 1.165) is 12.1 Å². The Morgan fingerprint density at radius 2 is 1.80 bits per heavy atom. The molecule has 0 aliphatic heterocycles. The number of nitrogens with one attached hydrogen (secondary N) is 2. The average molecular weight is 273 g/mol. The van der Waals surface area contributed by atoms with E-state index in [-0.39, 0.29) is 5.69 Å². The molecule has 1 amide bonds. The van der Waals surface area contributed by atoms with E-state index in [1.807, 2.05) is 0 Å². The fourth-order valence-electron chi connectivity index (χ4n) is 1.51. The molecule has 0 atom stereocenters. The summed E-state index contributed by atoms with van der Waals surface area (Å²) in [6.45, 7) is 0. The van der Waals surface area contributed by atoms with E-state index in [4.69, 9.17) is 5.26 Å². The van der Waals surface area contributed by atoms with Crippen LogP contribution in [-0.2, 0) is 0 Å². The Balaban J connectivity index is 2.10. The molecule has 0 aliphatic rings. The van der Waals surface area contributed by atoms with E-state index >= 15 is 0 Å². The summed E-state index contributed by atoms with van der Waals surface area (Å²) >= 11 is 0. The zero-order chi connectivity index (χ0) is 14.5. The summed E-state index contributed by atoms with van der Waals surface area (Å²) in [5, 5.41) is 8.55. The summed E-state index contributed by atoms with van der Waals surface area (Å²) in [5.41, 5.74) is 4.23. The van der Waals surface area contributed by atoms with Gasteiger partial charge >= 0.3 is 0 Å². The Kier molecular flexibility index (Phi) is 3.91. The topological polar surface area (TPSA) is 64.9 Å². The van der Waals surface area contributed by atoms with Crippen LogP contribution in [-0.4, -0.2) is 5.91 Å². The van der Waals surface area contributed by atoms with Gasteiger partial charge in [0, 0.05) is 11.6 Å². The molecule has 0 aliphatic carbocycles. The number of halogens is 2. The molecule has 0 spiro atoms. The second-order valence-electron chi connectivity index (χ2n) is 3.87. The monoisotopic (exact) mass is 273 g/mol. The predicted molar refractivity (Wildman–Crippen MR) is 68.6 cm³/mol. The highest BCUT2D eigenvalue weighted by Crippen LogP contribution is 2.18. The molecule has 0 heterocycles. The Morgan fingerprint density at radius 3 is 2.45 bits per heavy atom. The van der Waals surface area contributed by atoms with Gasteiger partial charge in [0.05, 0.1) is 11.3 Å². The maximum absolute atomic E-state index is 13.5.